The van der Waals surface area contributed by atoms with Crippen molar-refractivity contribution in [2.45, 2.75) is 44.6 Å². The van der Waals surface area contributed by atoms with Gasteiger partial charge in [-0.15, -0.1) is 0 Å². The molecule has 0 saturated heterocycles. The Hall–Kier alpha value is -3.57. The van der Waals surface area contributed by atoms with Gasteiger partial charge < -0.3 is 9.47 Å². The van der Waals surface area contributed by atoms with Crippen molar-refractivity contribution < 1.29 is 14.4 Å². The fraction of sp³-hybridized carbons (Fsp3) is 0.276. The lowest BCUT2D eigenvalue weighted by molar-refractivity contribution is -0.386. The zero-order valence-corrected chi connectivity index (χ0v) is 24.9. The van der Waals surface area contributed by atoms with Crippen LogP contribution in [-0.2, 0) is 6.61 Å². The van der Waals surface area contributed by atoms with Gasteiger partial charge in [-0.25, -0.2) is 4.98 Å². The van der Waals surface area contributed by atoms with Crippen molar-refractivity contribution in [3.63, 3.8) is 0 Å². The van der Waals surface area contributed by atoms with Crippen molar-refractivity contribution in [3.05, 3.63) is 101 Å². The Morgan fingerprint density at radius 2 is 1.90 bits per heavy atom. The molecule has 0 atom stereocenters. The number of nitro groups is 1. The molecule has 0 amide bonds. The van der Waals surface area contributed by atoms with Gasteiger partial charge in [0.2, 0.25) is 5.75 Å². The fourth-order valence-electron chi connectivity index (χ4n) is 4.91. The van der Waals surface area contributed by atoms with E-state index in [2.05, 4.69) is 37.0 Å². The lowest BCUT2D eigenvalue weighted by atomic mass is 9.88. The molecule has 3 aromatic carbocycles. The maximum atomic E-state index is 13.5. The summed E-state index contributed by atoms with van der Waals surface area (Å²) < 4.78 is 14.4. The van der Waals surface area contributed by atoms with Crippen LogP contribution in [0.25, 0.3) is 10.9 Å². The monoisotopic (exact) mass is 668 g/mol. The van der Waals surface area contributed by atoms with Crippen molar-refractivity contribution >= 4 is 54.7 Å². The zero-order chi connectivity index (χ0) is 28.2. The molecule has 0 unspecified atom stereocenters. The van der Waals surface area contributed by atoms with Crippen molar-refractivity contribution in [3.8, 4) is 11.5 Å². The number of benzene rings is 3. The van der Waals surface area contributed by atoms with Gasteiger partial charge in [-0.05, 0) is 43.2 Å². The highest BCUT2D eigenvalue weighted by Gasteiger charge is 2.24. The summed E-state index contributed by atoms with van der Waals surface area (Å²) >= 11 is 6.90. The van der Waals surface area contributed by atoms with Gasteiger partial charge in [0.1, 0.15) is 12.4 Å². The molecule has 4 aromatic rings. The van der Waals surface area contributed by atoms with Crippen LogP contribution in [0.15, 0.2) is 73.4 Å². The summed E-state index contributed by atoms with van der Waals surface area (Å²) in [6.45, 7) is 0.0847. The molecule has 0 spiro atoms. The number of ether oxygens (including phenoxy) is 2. The average molecular weight is 670 g/mol. The van der Waals surface area contributed by atoms with Gasteiger partial charge in [0.15, 0.2) is 5.75 Å². The second-order valence-corrected chi connectivity index (χ2v) is 11.3. The highest BCUT2D eigenvalue weighted by atomic mass is 79.9. The van der Waals surface area contributed by atoms with Crippen LogP contribution < -0.4 is 15.0 Å². The summed E-state index contributed by atoms with van der Waals surface area (Å²) in [6.07, 6.45) is 6.58. The molecular weight excluding hydrogens is 644 g/mol. The molecule has 0 aliphatic heterocycles. The molecule has 40 heavy (non-hydrogen) atoms. The normalized spacial score (nSPS) is 14.1. The third-order valence-corrected chi connectivity index (χ3v) is 8.16. The van der Waals surface area contributed by atoms with E-state index in [4.69, 9.17) is 14.5 Å². The maximum absolute atomic E-state index is 13.5. The number of hydrogen-bond acceptors (Lipinski definition) is 7. The van der Waals surface area contributed by atoms with Gasteiger partial charge in [0.25, 0.3) is 5.56 Å². The fourth-order valence-corrected chi connectivity index (χ4v) is 6.07. The minimum absolute atomic E-state index is 0.00639. The van der Waals surface area contributed by atoms with E-state index in [1.165, 1.54) is 24.1 Å². The van der Waals surface area contributed by atoms with Gasteiger partial charge in [0, 0.05) is 32.1 Å². The van der Waals surface area contributed by atoms with E-state index in [-0.39, 0.29) is 35.3 Å². The second kappa shape index (κ2) is 12.3. The quantitative estimate of drug-likeness (QED) is 0.110. The van der Waals surface area contributed by atoms with Gasteiger partial charge >= 0.3 is 5.69 Å². The lowest BCUT2D eigenvalue weighted by Crippen LogP contribution is -2.25. The third kappa shape index (κ3) is 5.95. The zero-order valence-electron chi connectivity index (χ0n) is 21.7. The molecule has 206 valence electrons. The molecule has 1 fully saturated rings. The van der Waals surface area contributed by atoms with Crippen LogP contribution in [0.5, 0.6) is 11.5 Å². The third-order valence-electron chi connectivity index (χ3n) is 6.93. The number of hydrogen-bond donors (Lipinski definition) is 0. The molecule has 1 aromatic heterocycles. The number of methoxy groups -OCH3 is 1. The summed E-state index contributed by atoms with van der Waals surface area (Å²) in [6, 6.07) is 15.8. The van der Waals surface area contributed by atoms with Crippen LogP contribution in [-0.4, -0.2) is 27.9 Å². The predicted octanol–water partition coefficient (Wildman–Crippen LogP) is 7.35. The van der Waals surface area contributed by atoms with E-state index < -0.39 is 4.92 Å². The van der Waals surface area contributed by atoms with E-state index in [0.29, 0.717) is 22.3 Å². The Morgan fingerprint density at radius 1 is 1.12 bits per heavy atom. The van der Waals surface area contributed by atoms with Crippen molar-refractivity contribution in [1.82, 2.24) is 9.66 Å². The first kappa shape index (κ1) is 28.0. The van der Waals surface area contributed by atoms with E-state index >= 15 is 0 Å². The molecular formula is C29H26Br2N4O5. The Morgan fingerprint density at radius 3 is 2.62 bits per heavy atom. The summed E-state index contributed by atoms with van der Waals surface area (Å²) in [5, 5.41) is 17.0. The molecule has 0 N–H and O–H groups in total. The van der Waals surface area contributed by atoms with Crippen LogP contribution in [0.3, 0.4) is 0 Å². The largest absolute Gasteiger partial charge is 0.493 e. The first-order valence-corrected chi connectivity index (χ1v) is 14.4. The molecule has 1 saturated carbocycles. The van der Waals surface area contributed by atoms with E-state index in [1.807, 2.05) is 30.3 Å². The summed E-state index contributed by atoms with van der Waals surface area (Å²) in [5.41, 5.74) is 1.28. The Bertz CT molecular complexity index is 1660. The number of aromatic nitrogens is 2. The minimum atomic E-state index is -0.525. The average Bonchev–Trinajstić information content (AvgIpc) is 2.96. The number of halogens is 2. The molecule has 1 aliphatic carbocycles. The number of rotatable bonds is 8. The highest BCUT2D eigenvalue weighted by Crippen LogP contribution is 2.39. The molecule has 11 heteroatoms. The van der Waals surface area contributed by atoms with Crippen LogP contribution in [0, 0.1) is 10.1 Å². The first-order valence-electron chi connectivity index (χ1n) is 12.8. The molecule has 5 rings (SSSR count). The van der Waals surface area contributed by atoms with E-state index in [9.17, 15) is 14.9 Å². The number of para-hydroxylation sites is 1. The summed E-state index contributed by atoms with van der Waals surface area (Å²) in [5.74, 6) is 0.911. The number of nitro benzene ring substituents is 1. The van der Waals surface area contributed by atoms with E-state index in [1.54, 1.807) is 18.2 Å². The predicted molar refractivity (Wildman–Crippen MR) is 161 cm³/mol. The summed E-state index contributed by atoms with van der Waals surface area (Å²) in [7, 11) is 1.42. The van der Waals surface area contributed by atoms with E-state index in [0.717, 1.165) is 46.6 Å². The molecule has 1 heterocycles. The van der Waals surface area contributed by atoms with Crippen LogP contribution in [0.1, 0.15) is 55.0 Å². The molecule has 1 aliphatic rings. The SMILES string of the molecule is COc1cc(C=Nn2c(C3CCCCC3)nc3ccccc3c2=O)cc([N+](=O)[O-])c1OCc1ccc(Br)cc1Br. The van der Waals surface area contributed by atoms with Crippen LogP contribution in [0.4, 0.5) is 5.69 Å². The Kier molecular flexibility index (Phi) is 8.60. The standard InChI is InChI=1S/C29H26Br2N4O5/c1-39-26-14-18(13-25(35(37)38)27(26)40-17-20-11-12-21(30)15-23(20)31)16-32-34-28(19-7-3-2-4-8-19)33-24-10-6-5-9-22(24)29(34)36/h5-6,9-16,19H,2-4,7-8,17H2,1H3. The van der Waals surface area contributed by atoms with Gasteiger partial charge in [-0.2, -0.15) is 9.78 Å². The van der Waals surface area contributed by atoms with Gasteiger partial charge in [0.05, 0.1) is 29.2 Å². The minimum Gasteiger partial charge on any atom is -0.493 e. The van der Waals surface area contributed by atoms with Gasteiger partial charge in [-0.3, -0.25) is 14.9 Å². The molecule has 0 bridgehead atoms. The smallest absolute Gasteiger partial charge is 0.315 e. The Labute approximate surface area is 247 Å². The topological polar surface area (TPSA) is 109 Å². The first-order chi connectivity index (χ1) is 19.4. The van der Waals surface area contributed by atoms with Crippen molar-refractivity contribution in [2.24, 2.45) is 5.10 Å². The van der Waals surface area contributed by atoms with Crippen LogP contribution in [0.2, 0.25) is 0 Å². The van der Waals surface area contributed by atoms with Crippen molar-refractivity contribution in [2.75, 3.05) is 7.11 Å². The summed E-state index contributed by atoms with van der Waals surface area (Å²) in [4.78, 5) is 29.8. The van der Waals surface area contributed by atoms with Gasteiger partial charge in [-0.1, -0.05) is 69.3 Å². The number of nitrogens with zero attached hydrogens (tertiary/aromatic N) is 4. The highest BCUT2D eigenvalue weighted by molar-refractivity contribution is 9.11. The van der Waals surface area contributed by atoms with Crippen LogP contribution >= 0.6 is 31.9 Å². The molecule has 9 nitrogen and oxygen atoms in total. The number of fused-ring (bicyclic) bond motifs is 1. The second-order valence-electron chi connectivity index (χ2n) is 9.54. The maximum Gasteiger partial charge on any atom is 0.315 e. The van der Waals surface area contributed by atoms with Crippen molar-refractivity contribution in [1.29, 1.82) is 0 Å². The Balaban J connectivity index is 1.53. The lowest BCUT2D eigenvalue weighted by Gasteiger charge is -2.22. The molecule has 0 radical (unpaired) electrons.